The lowest BCUT2D eigenvalue weighted by Gasteiger charge is -2.12. The lowest BCUT2D eigenvalue weighted by atomic mass is 9.99. The Morgan fingerprint density at radius 2 is 1.62 bits per heavy atom. The van der Waals surface area contributed by atoms with E-state index in [1.54, 1.807) is 7.11 Å². The molecule has 0 radical (unpaired) electrons. The van der Waals surface area contributed by atoms with Crippen LogP contribution in [0.3, 0.4) is 0 Å². The summed E-state index contributed by atoms with van der Waals surface area (Å²) in [5.41, 5.74) is 6.75. The topological polar surface area (TPSA) is 9.23 Å². The molecule has 0 saturated heterocycles. The molecule has 0 aliphatic carbocycles. The third-order valence-electron chi connectivity index (χ3n) is 3.92. The van der Waals surface area contributed by atoms with E-state index in [0.717, 1.165) is 19.4 Å². The van der Waals surface area contributed by atoms with Crippen molar-refractivity contribution >= 4 is 15.9 Å². The van der Waals surface area contributed by atoms with E-state index >= 15 is 0 Å². The Hall–Kier alpha value is -1.12. The minimum absolute atomic E-state index is 0.357. The highest BCUT2D eigenvalue weighted by Gasteiger charge is 2.09. The summed E-state index contributed by atoms with van der Waals surface area (Å²) < 4.78 is 5.11. The van der Waals surface area contributed by atoms with Crippen molar-refractivity contribution in [3.05, 3.63) is 70.3 Å². The fraction of sp³-hybridized carbons (Fsp3) is 0.368. The van der Waals surface area contributed by atoms with Gasteiger partial charge in [0.05, 0.1) is 6.61 Å². The highest BCUT2D eigenvalue weighted by molar-refractivity contribution is 9.09. The molecule has 0 N–H and O–H groups in total. The van der Waals surface area contributed by atoms with E-state index in [1.807, 2.05) is 0 Å². The average Bonchev–Trinajstić information content (AvgIpc) is 2.49. The molecule has 2 aromatic rings. The van der Waals surface area contributed by atoms with Crippen LogP contribution in [0.1, 0.15) is 32.6 Å². The van der Waals surface area contributed by atoms with Crippen molar-refractivity contribution in [3.63, 3.8) is 0 Å². The van der Waals surface area contributed by atoms with Crippen molar-refractivity contribution in [2.24, 2.45) is 0 Å². The fourth-order valence-corrected chi connectivity index (χ4v) is 3.05. The maximum atomic E-state index is 5.11. The van der Waals surface area contributed by atoms with Gasteiger partial charge < -0.3 is 4.74 Å². The number of hydrogen-bond donors (Lipinski definition) is 0. The van der Waals surface area contributed by atoms with Gasteiger partial charge in [-0.3, -0.25) is 0 Å². The van der Waals surface area contributed by atoms with Gasteiger partial charge >= 0.3 is 0 Å². The van der Waals surface area contributed by atoms with E-state index in [-0.39, 0.29) is 0 Å². The summed E-state index contributed by atoms with van der Waals surface area (Å²) in [6.45, 7) is 5.11. The smallest absolute Gasteiger partial charge is 0.0502 e. The highest BCUT2D eigenvalue weighted by atomic mass is 79.9. The summed E-state index contributed by atoms with van der Waals surface area (Å²) in [6.07, 6.45) is 1.99. The van der Waals surface area contributed by atoms with Gasteiger partial charge in [-0.15, -0.1) is 0 Å². The van der Waals surface area contributed by atoms with Crippen LogP contribution in [0.4, 0.5) is 0 Å². The Labute approximate surface area is 136 Å². The van der Waals surface area contributed by atoms with E-state index in [4.69, 9.17) is 4.74 Å². The minimum Gasteiger partial charge on any atom is -0.384 e. The van der Waals surface area contributed by atoms with Crippen LogP contribution >= 0.6 is 15.9 Å². The SMILES string of the molecule is COCCc1ccc(C(Br)Cc2ccc(C)c(C)c2)cc1. The number of ether oxygens (including phenoxy) is 1. The molecule has 0 spiro atoms. The van der Waals surface area contributed by atoms with Gasteiger partial charge in [-0.25, -0.2) is 0 Å². The Kier molecular flexibility index (Phi) is 6.01. The molecule has 0 aromatic heterocycles. The lowest BCUT2D eigenvalue weighted by molar-refractivity contribution is 0.202. The summed E-state index contributed by atoms with van der Waals surface area (Å²) in [6, 6.07) is 15.5. The van der Waals surface area contributed by atoms with Crippen molar-refractivity contribution in [1.82, 2.24) is 0 Å². The van der Waals surface area contributed by atoms with Crippen molar-refractivity contribution in [1.29, 1.82) is 0 Å². The number of benzene rings is 2. The van der Waals surface area contributed by atoms with Gasteiger partial charge in [-0.2, -0.15) is 0 Å². The molecule has 0 amide bonds. The van der Waals surface area contributed by atoms with Gasteiger partial charge in [0.2, 0.25) is 0 Å². The summed E-state index contributed by atoms with van der Waals surface area (Å²) >= 11 is 3.82. The molecule has 2 heteroatoms. The molecule has 0 saturated carbocycles. The highest BCUT2D eigenvalue weighted by Crippen LogP contribution is 2.28. The van der Waals surface area contributed by atoms with E-state index in [1.165, 1.54) is 27.8 Å². The summed E-state index contributed by atoms with van der Waals surface area (Å²) in [7, 11) is 1.74. The lowest BCUT2D eigenvalue weighted by Crippen LogP contribution is -1.98. The minimum atomic E-state index is 0.357. The zero-order valence-corrected chi connectivity index (χ0v) is 14.6. The number of methoxy groups -OCH3 is 1. The molecule has 0 bridgehead atoms. The molecule has 1 nitrogen and oxygen atoms in total. The molecule has 21 heavy (non-hydrogen) atoms. The first-order chi connectivity index (χ1) is 10.1. The first kappa shape index (κ1) is 16.3. The van der Waals surface area contributed by atoms with Crippen LogP contribution in [0.5, 0.6) is 0 Å². The standard InChI is InChI=1S/C19H23BrO/c1-14-4-5-17(12-15(14)2)13-19(20)18-8-6-16(7-9-18)10-11-21-3/h4-9,12,19H,10-11,13H2,1-3H3. The van der Waals surface area contributed by atoms with Crippen molar-refractivity contribution in [2.75, 3.05) is 13.7 Å². The van der Waals surface area contributed by atoms with Gasteiger partial charge in [0, 0.05) is 11.9 Å². The van der Waals surface area contributed by atoms with Crippen LogP contribution < -0.4 is 0 Å². The maximum absolute atomic E-state index is 5.11. The second-order valence-electron chi connectivity index (χ2n) is 5.57. The molecule has 0 aliphatic heterocycles. The third kappa shape index (κ3) is 4.69. The van der Waals surface area contributed by atoms with Crippen LogP contribution in [0.15, 0.2) is 42.5 Å². The molecule has 0 aliphatic rings. The van der Waals surface area contributed by atoms with Crippen LogP contribution in [-0.2, 0) is 17.6 Å². The first-order valence-electron chi connectivity index (χ1n) is 7.38. The molecule has 2 aromatic carbocycles. The van der Waals surface area contributed by atoms with Crippen LogP contribution in [0.25, 0.3) is 0 Å². The largest absolute Gasteiger partial charge is 0.384 e. The van der Waals surface area contributed by atoms with Gasteiger partial charge in [0.25, 0.3) is 0 Å². The number of hydrogen-bond acceptors (Lipinski definition) is 1. The van der Waals surface area contributed by atoms with Crippen molar-refractivity contribution in [2.45, 2.75) is 31.5 Å². The normalized spacial score (nSPS) is 12.4. The molecule has 0 heterocycles. The van der Waals surface area contributed by atoms with E-state index in [9.17, 15) is 0 Å². The number of aryl methyl sites for hydroxylation is 2. The van der Waals surface area contributed by atoms with Gasteiger partial charge in [-0.1, -0.05) is 58.4 Å². The average molecular weight is 347 g/mol. The molecule has 0 fully saturated rings. The quantitative estimate of drug-likeness (QED) is 0.655. The molecular formula is C19H23BrO. The van der Waals surface area contributed by atoms with Gasteiger partial charge in [0.1, 0.15) is 0 Å². The van der Waals surface area contributed by atoms with Gasteiger partial charge in [-0.05, 0) is 54.5 Å². The predicted molar refractivity (Wildman–Crippen MR) is 93.3 cm³/mol. The number of halogens is 1. The monoisotopic (exact) mass is 346 g/mol. The number of alkyl halides is 1. The Morgan fingerprint density at radius 3 is 2.24 bits per heavy atom. The van der Waals surface area contributed by atoms with E-state index in [2.05, 4.69) is 72.2 Å². The molecule has 1 unspecified atom stereocenters. The van der Waals surface area contributed by atoms with E-state index in [0.29, 0.717) is 4.83 Å². The zero-order valence-electron chi connectivity index (χ0n) is 13.0. The first-order valence-corrected chi connectivity index (χ1v) is 8.29. The molecule has 112 valence electrons. The third-order valence-corrected chi connectivity index (χ3v) is 4.77. The van der Waals surface area contributed by atoms with Crippen LogP contribution in [-0.4, -0.2) is 13.7 Å². The van der Waals surface area contributed by atoms with Crippen molar-refractivity contribution < 1.29 is 4.74 Å². The number of rotatable bonds is 6. The molecular weight excluding hydrogens is 324 g/mol. The second-order valence-corrected chi connectivity index (χ2v) is 6.68. The van der Waals surface area contributed by atoms with Crippen molar-refractivity contribution in [3.8, 4) is 0 Å². The Bertz CT molecular complexity index is 575. The fourth-order valence-electron chi connectivity index (χ4n) is 2.37. The zero-order chi connectivity index (χ0) is 15.2. The summed E-state index contributed by atoms with van der Waals surface area (Å²) in [5.74, 6) is 0. The van der Waals surface area contributed by atoms with Crippen LogP contribution in [0, 0.1) is 13.8 Å². The Morgan fingerprint density at radius 1 is 0.952 bits per heavy atom. The maximum Gasteiger partial charge on any atom is 0.0502 e. The molecule has 2 rings (SSSR count). The van der Waals surface area contributed by atoms with E-state index < -0.39 is 0 Å². The predicted octanol–water partition coefficient (Wildman–Crippen LogP) is 5.17. The molecule has 1 atom stereocenters. The summed E-state index contributed by atoms with van der Waals surface area (Å²) in [5, 5.41) is 0. The van der Waals surface area contributed by atoms with Gasteiger partial charge in [0.15, 0.2) is 0 Å². The van der Waals surface area contributed by atoms with Crippen LogP contribution in [0.2, 0.25) is 0 Å². The Balaban J connectivity index is 2.02. The second kappa shape index (κ2) is 7.77. The summed E-state index contributed by atoms with van der Waals surface area (Å²) in [4.78, 5) is 0.357.